The topological polar surface area (TPSA) is 43.2 Å². The molecular weight excluding hydrogens is 262 g/mol. The molecule has 0 spiro atoms. The van der Waals surface area contributed by atoms with Crippen LogP contribution in [0.1, 0.15) is 19.8 Å². The molecule has 1 aromatic heterocycles. The third-order valence-corrected chi connectivity index (χ3v) is 3.55. The van der Waals surface area contributed by atoms with Crippen LogP contribution in [-0.4, -0.2) is 42.1 Å². The number of piperazine rings is 1. The zero-order valence-corrected chi connectivity index (χ0v) is 11.5. The molecule has 0 aromatic carbocycles. The van der Waals surface area contributed by atoms with Crippen molar-refractivity contribution >= 4 is 5.82 Å². The van der Waals surface area contributed by atoms with E-state index in [0.717, 1.165) is 25.1 Å². The zero-order valence-electron chi connectivity index (χ0n) is 11.5. The molecule has 1 saturated heterocycles. The number of anilines is 1. The molecule has 4 nitrogen and oxygen atoms in total. The number of pyridine rings is 1. The Morgan fingerprint density at radius 1 is 1.35 bits per heavy atom. The lowest BCUT2D eigenvalue weighted by Gasteiger charge is -2.37. The van der Waals surface area contributed by atoms with Gasteiger partial charge in [-0.05, 0) is 6.42 Å². The van der Waals surface area contributed by atoms with Crippen LogP contribution in [0.25, 0.3) is 0 Å². The van der Waals surface area contributed by atoms with E-state index in [0.29, 0.717) is 26.2 Å². The van der Waals surface area contributed by atoms with Crippen LogP contribution in [0.2, 0.25) is 0 Å². The van der Waals surface area contributed by atoms with E-state index in [1.165, 1.54) is 0 Å². The molecule has 1 aromatic rings. The Labute approximate surface area is 117 Å². The first-order valence-corrected chi connectivity index (χ1v) is 6.85. The van der Waals surface area contributed by atoms with Crippen LogP contribution >= 0.6 is 0 Å². The van der Waals surface area contributed by atoms with Gasteiger partial charge >= 0.3 is 0 Å². The molecule has 0 radical (unpaired) electrons. The quantitative estimate of drug-likeness (QED) is 0.848. The number of aromatic nitrogens is 1. The third kappa shape index (κ3) is 3.23. The minimum absolute atomic E-state index is 0.0758. The van der Waals surface area contributed by atoms with Crippen LogP contribution in [0.4, 0.5) is 14.6 Å². The highest BCUT2D eigenvalue weighted by atomic mass is 19.1. The van der Waals surface area contributed by atoms with E-state index in [2.05, 4.69) is 22.9 Å². The van der Waals surface area contributed by atoms with Gasteiger partial charge in [-0.1, -0.05) is 13.3 Å². The SMILES string of the molecule is CCCC(C#N)N1CCN(c2ncc(F)cc2F)CC1. The molecule has 1 unspecified atom stereocenters. The van der Waals surface area contributed by atoms with Crippen molar-refractivity contribution in [2.24, 2.45) is 0 Å². The maximum atomic E-state index is 13.7. The molecule has 0 bridgehead atoms. The van der Waals surface area contributed by atoms with Gasteiger partial charge in [0.2, 0.25) is 0 Å². The molecule has 6 heteroatoms. The summed E-state index contributed by atoms with van der Waals surface area (Å²) in [6.45, 7) is 4.63. The second kappa shape index (κ2) is 6.62. The number of nitriles is 1. The van der Waals surface area contributed by atoms with Crippen LogP contribution in [-0.2, 0) is 0 Å². The van der Waals surface area contributed by atoms with E-state index >= 15 is 0 Å². The summed E-state index contributed by atoms with van der Waals surface area (Å²) >= 11 is 0. The van der Waals surface area contributed by atoms with Crippen molar-refractivity contribution in [1.82, 2.24) is 9.88 Å². The Bertz CT molecular complexity index is 492. The van der Waals surface area contributed by atoms with Gasteiger partial charge in [0.1, 0.15) is 5.82 Å². The minimum Gasteiger partial charge on any atom is -0.352 e. The van der Waals surface area contributed by atoms with E-state index in [1.54, 1.807) is 4.90 Å². The normalized spacial score (nSPS) is 17.8. The van der Waals surface area contributed by atoms with Crippen molar-refractivity contribution < 1.29 is 8.78 Å². The summed E-state index contributed by atoms with van der Waals surface area (Å²) in [7, 11) is 0. The first-order chi connectivity index (χ1) is 9.65. The molecule has 2 heterocycles. The Kier molecular flexibility index (Phi) is 4.85. The predicted molar refractivity (Wildman–Crippen MR) is 72.2 cm³/mol. The lowest BCUT2D eigenvalue weighted by molar-refractivity contribution is 0.210. The molecule has 0 saturated carbocycles. The van der Waals surface area contributed by atoms with E-state index in [4.69, 9.17) is 5.26 Å². The summed E-state index contributed by atoms with van der Waals surface area (Å²) in [6.07, 6.45) is 2.84. The van der Waals surface area contributed by atoms with E-state index in [1.807, 2.05) is 0 Å². The van der Waals surface area contributed by atoms with Crippen LogP contribution in [0.15, 0.2) is 12.3 Å². The molecule has 0 amide bonds. The summed E-state index contributed by atoms with van der Waals surface area (Å²) in [5, 5.41) is 9.15. The molecule has 2 rings (SSSR count). The monoisotopic (exact) mass is 280 g/mol. The Balaban J connectivity index is 1.99. The first kappa shape index (κ1) is 14.7. The summed E-state index contributed by atoms with van der Waals surface area (Å²) in [5.74, 6) is -1.11. The highest BCUT2D eigenvalue weighted by Crippen LogP contribution is 2.19. The molecule has 1 atom stereocenters. The smallest absolute Gasteiger partial charge is 0.168 e. The maximum absolute atomic E-state index is 13.7. The summed E-state index contributed by atoms with van der Waals surface area (Å²) in [4.78, 5) is 7.73. The first-order valence-electron chi connectivity index (χ1n) is 6.85. The number of rotatable bonds is 4. The standard InChI is InChI=1S/C14H18F2N4/c1-2-3-12(9-17)19-4-6-20(7-5-19)14-13(16)8-11(15)10-18-14/h8,10,12H,2-7H2,1H3. The van der Waals surface area contributed by atoms with Gasteiger partial charge in [-0.2, -0.15) is 5.26 Å². The average Bonchev–Trinajstić information content (AvgIpc) is 2.45. The van der Waals surface area contributed by atoms with Gasteiger partial charge in [0.25, 0.3) is 0 Å². The van der Waals surface area contributed by atoms with Gasteiger partial charge in [-0.3, -0.25) is 4.90 Å². The molecule has 0 aliphatic carbocycles. The highest BCUT2D eigenvalue weighted by molar-refractivity contribution is 5.40. The second-order valence-electron chi connectivity index (χ2n) is 4.92. The fourth-order valence-corrected chi connectivity index (χ4v) is 2.49. The van der Waals surface area contributed by atoms with E-state index in [9.17, 15) is 8.78 Å². The number of halogens is 2. The molecule has 1 fully saturated rings. The van der Waals surface area contributed by atoms with Crippen molar-refractivity contribution in [3.63, 3.8) is 0 Å². The van der Waals surface area contributed by atoms with Crippen LogP contribution < -0.4 is 4.90 Å². The Morgan fingerprint density at radius 2 is 2.05 bits per heavy atom. The fraction of sp³-hybridized carbons (Fsp3) is 0.571. The second-order valence-corrected chi connectivity index (χ2v) is 4.92. The van der Waals surface area contributed by atoms with E-state index < -0.39 is 11.6 Å². The zero-order chi connectivity index (χ0) is 14.5. The fourth-order valence-electron chi connectivity index (χ4n) is 2.49. The molecule has 1 aliphatic rings. The molecule has 0 N–H and O–H groups in total. The molecular formula is C14H18F2N4. The lowest BCUT2D eigenvalue weighted by atomic mass is 10.1. The number of nitrogens with zero attached hydrogens (tertiary/aromatic N) is 4. The van der Waals surface area contributed by atoms with Crippen molar-refractivity contribution in [3.8, 4) is 6.07 Å². The average molecular weight is 280 g/mol. The van der Waals surface area contributed by atoms with Crippen LogP contribution in [0.3, 0.4) is 0 Å². The van der Waals surface area contributed by atoms with E-state index in [-0.39, 0.29) is 11.9 Å². The summed E-state index contributed by atoms with van der Waals surface area (Å²) in [5.41, 5.74) is 0. The summed E-state index contributed by atoms with van der Waals surface area (Å²) in [6, 6.07) is 3.09. The molecule has 108 valence electrons. The number of hydrogen-bond donors (Lipinski definition) is 0. The maximum Gasteiger partial charge on any atom is 0.168 e. The Morgan fingerprint density at radius 3 is 2.60 bits per heavy atom. The molecule has 1 aliphatic heterocycles. The third-order valence-electron chi connectivity index (χ3n) is 3.55. The van der Waals surface area contributed by atoms with Gasteiger partial charge in [0.05, 0.1) is 18.3 Å². The van der Waals surface area contributed by atoms with Gasteiger partial charge in [-0.25, -0.2) is 13.8 Å². The van der Waals surface area contributed by atoms with Gasteiger partial charge < -0.3 is 4.90 Å². The predicted octanol–water partition coefficient (Wildman–Crippen LogP) is 2.17. The number of hydrogen-bond acceptors (Lipinski definition) is 4. The minimum atomic E-state index is -0.669. The van der Waals surface area contributed by atoms with Gasteiger partial charge in [-0.15, -0.1) is 0 Å². The van der Waals surface area contributed by atoms with Gasteiger partial charge in [0.15, 0.2) is 11.6 Å². The Hall–Kier alpha value is -1.74. The van der Waals surface area contributed by atoms with Gasteiger partial charge in [0, 0.05) is 32.2 Å². The van der Waals surface area contributed by atoms with Crippen molar-refractivity contribution in [2.75, 3.05) is 31.1 Å². The highest BCUT2D eigenvalue weighted by Gasteiger charge is 2.25. The van der Waals surface area contributed by atoms with Crippen LogP contribution in [0, 0.1) is 23.0 Å². The largest absolute Gasteiger partial charge is 0.352 e. The van der Waals surface area contributed by atoms with Crippen molar-refractivity contribution in [2.45, 2.75) is 25.8 Å². The summed E-state index contributed by atoms with van der Waals surface area (Å²) < 4.78 is 26.5. The van der Waals surface area contributed by atoms with Crippen molar-refractivity contribution in [3.05, 3.63) is 23.9 Å². The lowest BCUT2D eigenvalue weighted by Crippen LogP contribution is -2.50. The van der Waals surface area contributed by atoms with Crippen LogP contribution in [0.5, 0.6) is 0 Å². The van der Waals surface area contributed by atoms with Crippen molar-refractivity contribution in [1.29, 1.82) is 5.26 Å². The molecule has 20 heavy (non-hydrogen) atoms.